The predicted molar refractivity (Wildman–Crippen MR) is 113 cm³/mol. The van der Waals surface area contributed by atoms with Crippen LogP contribution in [0.4, 0.5) is 0 Å². The molecule has 25 heavy (non-hydrogen) atoms. The third kappa shape index (κ3) is 7.02. The molecule has 0 aromatic heterocycles. The largest absolute Gasteiger partial charge is 0.497 e. The molecular formula is C19H28IN3O2. The van der Waals surface area contributed by atoms with Gasteiger partial charge < -0.3 is 20.1 Å². The van der Waals surface area contributed by atoms with Crippen LogP contribution in [-0.4, -0.2) is 32.3 Å². The number of ether oxygens (including phenoxy) is 2. The summed E-state index contributed by atoms with van der Waals surface area (Å²) >= 11 is 0. The third-order valence-corrected chi connectivity index (χ3v) is 3.98. The molecule has 0 heterocycles. The van der Waals surface area contributed by atoms with E-state index >= 15 is 0 Å². The minimum absolute atomic E-state index is 0. The molecule has 0 unspecified atom stereocenters. The first-order valence-electron chi connectivity index (χ1n) is 8.56. The van der Waals surface area contributed by atoms with E-state index in [2.05, 4.69) is 21.5 Å². The Labute approximate surface area is 168 Å². The first-order chi connectivity index (χ1) is 11.8. The van der Waals surface area contributed by atoms with E-state index in [1.807, 2.05) is 25.1 Å². The smallest absolute Gasteiger partial charge is 0.192 e. The summed E-state index contributed by atoms with van der Waals surface area (Å²) in [5, 5.41) is 6.27. The molecule has 138 valence electrons. The number of aliphatic imine (C=N–C) groups is 1. The van der Waals surface area contributed by atoms with Crippen LogP contribution in [0.2, 0.25) is 0 Å². The van der Waals surface area contributed by atoms with Gasteiger partial charge in [0.1, 0.15) is 11.5 Å². The maximum Gasteiger partial charge on any atom is 0.192 e. The average molecular weight is 457 g/mol. The number of nitrogens with one attached hydrogen (secondary N) is 2. The highest BCUT2D eigenvalue weighted by Crippen LogP contribution is 2.30. The standard InChI is InChI=1S/C19H27N3O2.HI/c1-4-12-21-19(20-5-2)22-14-15-10-11-17(23-3)13-18(15)24-16-8-6-7-9-16;/h1,10-11,13,16H,5-9,12,14H2,2-3H3,(H2,20,21,22);1H. The first kappa shape index (κ1) is 21.4. The lowest BCUT2D eigenvalue weighted by Gasteiger charge is -2.17. The molecule has 0 aliphatic heterocycles. The van der Waals surface area contributed by atoms with Crippen LogP contribution in [0.25, 0.3) is 0 Å². The molecule has 0 amide bonds. The van der Waals surface area contributed by atoms with Crippen molar-refractivity contribution in [1.29, 1.82) is 0 Å². The summed E-state index contributed by atoms with van der Waals surface area (Å²) in [4.78, 5) is 4.59. The van der Waals surface area contributed by atoms with Crippen LogP contribution in [0, 0.1) is 12.3 Å². The number of benzene rings is 1. The third-order valence-electron chi connectivity index (χ3n) is 3.98. The molecule has 2 N–H and O–H groups in total. The van der Waals surface area contributed by atoms with E-state index in [0.717, 1.165) is 36.4 Å². The molecule has 5 nitrogen and oxygen atoms in total. The Morgan fingerprint density at radius 2 is 2.08 bits per heavy atom. The molecule has 0 atom stereocenters. The molecule has 2 rings (SSSR count). The Balaban J connectivity index is 0.00000312. The predicted octanol–water partition coefficient (Wildman–Crippen LogP) is 3.32. The topological polar surface area (TPSA) is 54.9 Å². The van der Waals surface area contributed by atoms with E-state index in [1.165, 1.54) is 12.8 Å². The van der Waals surface area contributed by atoms with Gasteiger partial charge in [-0.25, -0.2) is 4.99 Å². The number of nitrogens with zero attached hydrogens (tertiary/aromatic N) is 1. The first-order valence-corrected chi connectivity index (χ1v) is 8.56. The molecular weight excluding hydrogens is 429 g/mol. The van der Waals surface area contributed by atoms with Crippen LogP contribution in [0.3, 0.4) is 0 Å². The zero-order valence-corrected chi connectivity index (χ0v) is 17.3. The van der Waals surface area contributed by atoms with E-state index in [4.69, 9.17) is 15.9 Å². The van der Waals surface area contributed by atoms with Crippen molar-refractivity contribution < 1.29 is 9.47 Å². The van der Waals surface area contributed by atoms with Crippen molar-refractivity contribution in [1.82, 2.24) is 10.6 Å². The second-order valence-electron chi connectivity index (χ2n) is 5.75. The zero-order chi connectivity index (χ0) is 17.2. The Kier molecular flexibility index (Phi) is 10.2. The Hall–Kier alpha value is -1.62. The highest BCUT2D eigenvalue weighted by molar-refractivity contribution is 14.0. The summed E-state index contributed by atoms with van der Waals surface area (Å²) in [6.07, 6.45) is 10.3. The molecule has 1 aliphatic carbocycles. The zero-order valence-electron chi connectivity index (χ0n) is 15.0. The van der Waals surface area contributed by atoms with E-state index in [-0.39, 0.29) is 24.0 Å². The van der Waals surface area contributed by atoms with Crippen molar-refractivity contribution in [3.05, 3.63) is 23.8 Å². The maximum absolute atomic E-state index is 6.20. The Morgan fingerprint density at radius 3 is 2.72 bits per heavy atom. The molecule has 1 fully saturated rings. The summed E-state index contributed by atoms with van der Waals surface area (Å²) in [6.45, 7) is 3.77. The Bertz CT molecular complexity index is 593. The van der Waals surface area contributed by atoms with Crippen molar-refractivity contribution in [2.24, 2.45) is 4.99 Å². The van der Waals surface area contributed by atoms with Crippen LogP contribution in [-0.2, 0) is 6.54 Å². The summed E-state index contributed by atoms with van der Waals surface area (Å²) in [5.41, 5.74) is 1.04. The van der Waals surface area contributed by atoms with Crippen molar-refractivity contribution in [3.8, 4) is 23.8 Å². The van der Waals surface area contributed by atoms with Gasteiger partial charge in [-0.1, -0.05) is 5.92 Å². The SMILES string of the molecule is C#CCNC(=NCc1ccc(OC)cc1OC1CCCC1)NCC.I. The summed E-state index contributed by atoms with van der Waals surface area (Å²) in [6, 6.07) is 5.90. The second kappa shape index (κ2) is 11.9. The van der Waals surface area contributed by atoms with E-state index in [0.29, 0.717) is 25.2 Å². The van der Waals surface area contributed by atoms with Crippen molar-refractivity contribution in [2.45, 2.75) is 45.3 Å². The summed E-state index contributed by atoms with van der Waals surface area (Å²) in [5.74, 6) is 4.92. The quantitative estimate of drug-likeness (QED) is 0.286. The summed E-state index contributed by atoms with van der Waals surface area (Å²) in [7, 11) is 1.67. The van der Waals surface area contributed by atoms with Crippen LogP contribution >= 0.6 is 24.0 Å². The van der Waals surface area contributed by atoms with Crippen molar-refractivity contribution in [3.63, 3.8) is 0 Å². The van der Waals surface area contributed by atoms with Gasteiger partial charge in [0, 0.05) is 18.2 Å². The van der Waals surface area contributed by atoms with Gasteiger partial charge in [0.25, 0.3) is 0 Å². The molecule has 1 aliphatic rings. The molecule has 1 saturated carbocycles. The average Bonchev–Trinajstić information content (AvgIpc) is 3.11. The molecule has 1 aromatic carbocycles. The van der Waals surface area contributed by atoms with Gasteiger partial charge in [-0.05, 0) is 44.7 Å². The van der Waals surface area contributed by atoms with Gasteiger partial charge in [0.15, 0.2) is 5.96 Å². The number of terminal acetylenes is 1. The minimum Gasteiger partial charge on any atom is -0.497 e. The van der Waals surface area contributed by atoms with Gasteiger partial charge in [-0.15, -0.1) is 30.4 Å². The summed E-state index contributed by atoms with van der Waals surface area (Å²) < 4.78 is 11.5. The molecule has 6 heteroatoms. The van der Waals surface area contributed by atoms with Crippen LogP contribution < -0.4 is 20.1 Å². The number of hydrogen-bond donors (Lipinski definition) is 2. The number of guanidine groups is 1. The van der Waals surface area contributed by atoms with E-state index in [9.17, 15) is 0 Å². The monoisotopic (exact) mass is 457 g/mol. The van der Waals surface area contributed by atoms with E-state index < -0.39 is 0 Å². The highest BCUT2D eigenvalue weighted by Gasteiger charge is 2.18. The fraction of sp³-hybridized carbons (Fsp3) is 0.526. The van der Waals surface area contributed by atoms with Gasteiger partial charge >= 0.3 is 0 Å². The lowest BCUT2D eigenvalue weighted by molar-refractivity contribution is 0.207. The van der Waals surface area contributed by atoms with Crippen molar-refractivity contribution >= 4 is 29.9 Å². The van der Waals surface area contributed by atoms with Crippen molar-refractivity contribution in [2.75, 3.05) is 20.2 Å². The Morgan fingerprint density at radius 1 is 1.32 bits per heavy atom. The van der Waals surface area contributed by atoms with Crippen LogP contribution in [0.15, 0.2) is 23.2 Å². The fourth-order valence-corrected chi connectivity index (χ4v) is 2.73. The molecule has 1 aromatic rings. The second-order valence-corrected chi connectivity index (χ2v) is 5.75. The van der Waals surface area contributed by atoms with Crippen LogP contribution in [0.5, 0.6) is 11.5 Å². The minimum atomic E-state index is 0. The van der Waals surface area contributed by atoms with Gasteiger partial charge in [-0.3, -0.25) is 0 Å². The molecule has 0 spiro atoms. The highest BCUT2D eigenvalue weighted by atomic mass is 127. The van der Waals surface area contributed by atoms with Gasteiger partial charge in [0.05, 0.1) is 26.3 Å². The fourth-order valence-electron chi connectivity index (χ4n) is 2.73. The van der Waals surface area contributed by atoms with Gasteiger partial charge in [-0.2, -0.15) is 0 Å². The molecule has 0 bridgehead atoms. The van der Waals surface area contributed by atoms with Gasteiger partial charge in [0.2, 0.25) is 0 Å². The lowest BCUT2D eigenvalue weighted by atomic mass is 10.2. The number of methoxy groups -OCH3 is 1. The number of halogens is 1. The number of rotatable bonds is 7. The normalized spacial score (nSPS) is 14.4. The molecule has 0 saturated heterocycles. The number of hydrogen-bond acceptors (Lipinski definition) is 3. The lowest BCUT2D eigenvalue weighted by Crippen LogP contribution is -2.37. The van der Waals surface area contributed by atoms with Crippen LogP contribution in [0.1, 0.15) is 38.2 Å². The molecule has 0 radical (unpaired) electrons. The maximum atomic E-state index is 6.20. The van der Waals surface area contributed by atoms with E-state index in [1.54, 1.807) is 7.11 Å².